The molecule has 0 aromatic heterocycles. The Hall–Kier alpha value is -3.50. The molecule has 2 aromatic rings. The molecule has 2 aromatic carbocycles. The van der Waals surface area contributed by atoms with Crippen molar-refractivity contribution in [1.29, 1.82) is 0 Å². The lowest BCUT2D eigenvalue weighted by molar-refractivity contribution is -0.189. The summed E-state index contributed by atoms with van der Waals surface area (Å²) < 4.78 is 45.9. The zero-order valence-electron chi connectivity index (χ0n) is 18.5. The average Bonchev–Trinajstić information content (AvgIpc) is 3.56. The summed E-state index contributed by atoms with van der Waals surface area (Å²) in [6.45, 7) is 2.92. The molecule has 10 nitrogen and oxygen atoms in total. The average molecular weight is 470 g/mol. The van der Waals surface area contributed by atoms with Crippen LogP contribution in [0.3, 0.4) is 0 Å². The molecule has 5 atom stereocenters. The van der Waals surface area contributed by atoms with Crippen LogP contribution in [0.2, 0.25) is 0 Å². The summed E-state index contributed by atoms with van der Waals surface area (Å²) in [5.41, 5.74) is 0.191. The maximum absolute atomic E-state index is 12.3. The Morgan fingerprint density at radius 1 is 0.853 bits per heavy atom. The van der Waals surface area contributed by atoms with Crippen molar-refractivity contribution in [1.82, 2.24) is 0 Å². The van der Waals surface area contributed by atoms with Crippen molar-refractivity contribution in [3.63, 3.8) is 0 Å². The highest BCUT2D eigenvalue weighted by atomic mass is 16.7. The predicted molar refractivity (Wildman–Crippen MR) is 111 cm³/mol. The van der Waals surface area contributed by atoms with E-state index in [1.54, 1.807) is 18.2 Å². The van der Waals surface area contributed by atoms with Crippen LogP contribution >= 0.6 is 0 Å². The van der Waals surface area contributed by atoms with Crippen molar-refractivity contribution in [2.45, 2.75) is 37.9 Å². The predicted octanol–water partition coefficient (Wildman–Crippen LogP) is 2.79. The second kappa shape index (κ2) is 7.78. The van der Waals surface area contributed by atoms with E-state index in [-0.39, 0.29) is 20.2 Å². The van der Waals surface area contributed by atoms with E-state index in [1.807, 2.05) is 18.2 Å². The summed E-state index contributed by atoms with van der Waals surface area (Å²) in [7, 11) is 0. The van der Waals surface area contributed by atoms with Gasteiger partial charge in [-0.25, -0.2) is 0 Å². The Morgan fingerprint density at radius 2 is 1.47 bits per heavy atom. The number of hydrogen-bond donors (Lipinski definition) is 0. The number of esters is 2. The Balaban J connectivity index is 1.44. The van der Waals surface area contributed by atoms with Crippen LogP contribution < -0.4 is 18.9 Å². The number of carbonyl (C=O) groups is 2. The third-order valence-electron chi connectivity index (χ3n) is 6.43. The summed E-state index contributed by atoms with van der Waals surface area (Å²) in [4.78, 5) is 24.3. The molecule has 6 rings (SSSR count). The van der Waals surface area contributed by atoms with Crippen molar-refractivity contribution < 1.29 is 47.5 Å². The normalized spacial score (nSPS) is 30.2. The summed E-state index contributed by atoms with van der Waals surface area (Å²) >= 11 is 0. The van der Waals surface area contributed by atoms with Gasteiger partial charge in [0, 0.05) is 13.8 Å². The quantitative estimate of drug-likeness (QED) is 0.619. The number of benzene rings is 2. The summed E-state index contributed by atoms with van der Waals surface area (Å²) in [6, 6.07) is 10.8. The first-order valence-corrected chi connectivity index (χ1v) is 10.9. The van der Waals surface area contributed by atoms with Crippen LogP contribution in [0.4, 0.5) is 0 Å². The molecule has 0 bridgehead atoms. The lowest BCUT2D eigenvalue weighted by Gasteiger charge is -2.32. The van der Waals surface area contributed by atoms with Gasteiger partial charge < -0.3 is 37.9 Å². The Kier molecular flexibility index (Phi) is 4.82. The van der Waals surface area contributed by atoms with Crippen LogP contribution in [0, 0.1) is 5.92 Å². The molecule has 0 spiro atoms. The number of hydrogen-bond acceptors (Lipinski definition) is 10. The van der Waals surface area contributed by atoms with Crippen LogP contribution in [0.1, 0.15) is 37.2 Å². The van der Waals surface area contributed by atoms with Gasteiger partial charge in [0.15, 0.2) is 28.6 Å². The van der Waals surface area contributed by atoms with Gasteiger partial charge in [-0.3, -0.25) is 9.59 Å². The van der Waals surface area contributed by atoms with Gasteiger partial charge in [-0.15, -0.1) is 0 Å². The molecule has 0 aliphatic carbocycles. The molecule has 0 N–H and O–H groups in total. The van der Waals surface area contributed by atoms with Crippen LogP contribution in [-0.2, 0) is 28.5 Å². The first-order valence-electron chi connectivity index (χ1n) is 10.9. The van der Waals surface area contributed by atoms with Crippen LogP contribution in [-0.4, -0.2) is 44.0 Å². The van der Waals surface area contributed by atoms with E-state index in [2.05, 4.69) is 0 Å². The van der Waals surface area contributed by atoms with Gasteiger partial charge in [-0.05, 0) is 35.4 Å². The summed E-state index contributed by atoms with van der Waals surface area (Å²) in [5, 5.41) is 0. The molecule has 34 heavy (non-hydrogen) atoms. The highest BCUT2D eigenvalue weighted by Gasteiger charge is 2.68. The molecule has 2 fully saturated rings. The van der Waals surface area contributed by atoms with E-state index in [4.69, 9.17) is 37.9 Å². The third kappa shape index (κ3) is 3.24. The van der Waals surface area contributed by atoms with Crippen molar-refractivity contribution in [2.24, 2.45) is 5.92 Å². The molecular formula is C24H22O10. The molecule has 0 radical (unpaired) electrons. The molecule has 4 heterocycles. The molecule has 10 heteroatoms. The zero-order valence-corrected chi connectivity index (χ0v) is 18.5. The number of ether oxygens (including phenoxy) is 8. The molecule has 178 valence electrons. The molecule has 4 aliphatic rings. The first-order chi connectivity index (χ1) is 16.4. The Labute approximate surface area is 194 Å². The first kappa shape index (κ1) is 21.1. The zero-order chi connectivity index (χ0) is 23.4. The van der Waals surface area contributed by atoms with Crippen molar-refractivity contribution in [3.05, 3.63) is 47.5 Å². The number of rotatable bonds is 4. The van der Waals surface area contributed by atoms with E-state index >= 15 is 0 Å². The molecule has 2 saturated heterocycles. The minimum absolute atomic E-state index is 0.0349. The van der Waals surface area contributed by atoms with Gasteiger partial charge in [-0.1, -0.05) is 12.1 Å². The van der Waals surface area contributed by atoms with Gasteiger partial charge in [0.2, 0.25) is 19.9 Å². The van der Waals surface area contributed by atoms with Gasteiger partial charge in [-0.2, -0.15) is 0 Å². The third-order valence-corrected chi connectivity index (χ3v) is 6.43. The summed E-state index contributed by atoms with van der Waals surface area (Å²) in [6.07, 6.45) is -2.40. The maximum atomic E-state index is 12.3. The van der Waals surface area contributed by atoms with Crippen molar-refractivity contribution in [2.75, 3.05) is 20.2 Å². The van der Waals surface area contributed by atoms with Crippen molar-refractivity contribution >= 4 is 11.9 Å². The monoisotopic (exact) mass is 470 g/mol. The van der Waals surface area contributed by atoms with Crippen molar-refractivity contribution in [3.8, 4) is 23.0 Å². The minimum atomic E-state index is -1.25. The maximum Gasteiger partial charge on any atom is 0.304 e. The number of fused-ring (bicyclic) bond motifs is 3. The smallest absolute Gasteiger partial charge is 0.304 e. The molecule has 4 aliphatic heterocycles. The fraction of sp³-hybridized carbons (Fsp3) is 0.417. The van der Waals surface area contributed by atoms with E-state index in [0.29, 0.717) is 28.6 Å². The van der Waals surface area contributed by atoms with Crippen LogP contribution in [0.25, 0.3) is 0 Å². The molecule has 0 saturated carbocycles. The van der Waals surface area contributed by atoms with E-state index in [0.717, 1.165) is 5.56 Å². The van der Waals surface area contributed by atoms with E-state index < -0.39 is 42.0 Å². The minimum Gasteiger partial charge on any atom is -0.454 e. The van der Waals surface area contributed by atoms with Gasteiger partial charge in [0.25, 0.3) is 0 Å². The SMILES string of the molecule is CC(=O)O[C@@H]1O[C@H](c2ccc3c(c2)OCO3)[C@@]2(OC(C)=O)CO[C@H](c3ccc4c(c3)OCO4)[C@@H]12. The second-order valence-corrected chi connectivity index (χ2v) is 8.53. The largest absolute Gasteiger partial charge is 0.454 e. The van der Waals surface area contributed by atoms with E-state index in [9.17, 15) is 9.59 Å². The Bertz CT molecular complexity index is 1160. The van der Waals surface area contributed by atoms with Crippen LogP contribution in [0.5, 0.6) is 23.0 Å². The molecular weight excluding hydrogens is 448 g/mol. The molecule has 0 amide bonds. The standard InChI is InChI=1S/C24H22O10/c1-12(25)32-23-20-21(14-3-5-16-18(7-14)30-10-28-16)27-9-24(20,34-13(2)26)22(33-23)15-4-6-17-19(8-15)31-11-29-17/h3-8,20-23H,9-11H2,1-2H3/t20-,21+,22+,23+,24+/m0/s1. The Morgan fingerprint density at radius 3 is 2.12 bits per heavy atom. The van der Waals surface area contributed by atoms with Gasteiger partial charge in [0.1, 0.15) is 6.10 Å². The van der Waals surface area contributed by atoms with Gasteiger partial charge >= 0.3 is 11.9 Å². The second-order valence-electron chi connectivity index (χ2n) is 8.53. The lowest BCUT2D eigenvalue weighted by Crippen LogP contribution is -2.45. The fourth-order valence-electron chi connectivity index (χ4n) is 5.15. The molecule has 0 unspecified atom stereocenters. The topological polar surface area (TPSA) is 108 Å². The van der Waals surface area contributed by atoms with Gasteiger partial charge in [0.05, 0.1) is 18.6 Å². The fourth-order valence-corrected chi connectivity index (χ4v) is 5.15. The lowest BCUT2D eigenvalue weighted by atomic mass is 9.79. The summed E-state index contributed by atoms with van der Waals surface area (Å²) in [5.74, 6) is 0.708. The van der Waals surface area contributed by atoms with E-state index in [1.165, 1.54) is 13.8 Å². The highest BCUT2D eigenvalue weighted by Crippen LogP contribution is 2.59. The van der Waals surface area contributed by atoms with Crippen LogP contribution in [0.15, 0.2) is 36.4 Å². The number of carbonyl (C=O) groups excluding carboxylic acids is 2. The highest BCUT2D eigenvalue weighted by molar-refractivity contribution is 5.68.